The summed E-state index contributed by atoms with van der Waals surface area (Å²) in [6, 6.07) is 12.5. The number of amides is 2. The molecule has 2 aromatic rings. The lowest BCUT2D eigenvalue weighted by molar-refractivity contribution is 0.202. The van der Waals surface area contributed by atoms with Crippen LogP contribution in [0.1, 0.15) is 31.4 Å². The van der Waals surface area contributed by atoms with Gasteiger partial charge in [-0.15, -0.1) is 0 Å². The van der Waals surface area contributed by atoms with Gasteiger partial charge in [0, 0.05) is 38.6 Å². The van der Waals surface area contributed by atoms with Crippen LogP contribution in [-0.2, 0) is 19.5 Å². The highest BCUT2D eigenvalue weighted by molar-refractivity contribution is 5.74. The molecule has 0 saturated heterocycles. The highest BCUT2D eigenvalue weighted by Crippen LogP contribution is 2.08. The number of aryl methyl sites for hydroxylation is 1. The number of hydrogen-bond acceptors (Lipinski definition) is 1. The highest BCUT2D eigenvalue weighted by atomic mass is 16.2. The fourth-order valence-corrected chi connectivity index (χ4v) is 2.61. The Morgan fingerprint density at radius 2 is 1.91 bits per heavy atom. The van der Waals surface area contributed by atoms with Crippen LogP contribution in [-0.4, -0.2) is 28.6 Å². The average molecular weight is 313 g/mol. The molecule has 0 fully saturated rings. The van der Waals surface area contributed by atoms with E-state index in [1.807, 2.05) is 31.4 Å². The lowest BCUT2D eigenvalue weighted by Gasteiger charge is -2.23. The molecule has 1 N–H and O–H groups in total. The van der Waals surface area contributed by atoms with Gasteiger partial charge in [-0.25, -0.2) is 4.79 Å². The molecule has 2 rings (SSSR count). The molecule has 1 unspecified atom stereocenters. The second-order valence-corrected chi connectivity index (χ2v) is 5.95. The van der Waals surface area contributed by atoms with Crippen LogP contribution in [0.2, 0.25) is 0 Å². The Kier molecular flexibility index (Phi) is 6.27. The fourth-order valence-electron chi connectivity index (χ4n) is 2.61. The molecule has 4 nitrogen and oxygen atoms in total. The number of carbonyl (C=O) groups excluding carboxylic acids is 1. The monoisotopic (exact) mass is 313 g/mol. The number of benzene rings is 1. The molecular weight excluding hydrogens is 286 g/mol. The van der Waals surface area contributed by atoms with Crippen LogP contribution in [0.15, 0.2) is 48.8 Å². The summed E-state index contributed by atoms with van der Waals surface area (Å²) in [7, 11) is 1.84. The first kappa shape index (κ1) is 17.1. The summed E-state index contributed by atoms with van der Waals surface area (Å²) >= 11 is 0. The largest absolute Gasteiger partial charge is 0.354 e. The predicted octanol–water partition coefficient (Wildman–Crippen LogP) is 3.67. The van der Waals surface area contributed by atoms with E-state index >= 15 is 0 Å². The molecule has 2 amide bonds. The molecule has 0 radical (unpaired) electrons. The predicted molar refractivity (Wildman–Crippen MR) is 94.3 cm³/mol. The third-order valence-electron chi connectivity index (χ3n) is 4.09. The van der Waals surface area contributed by atoms with E-state index in [-0.39, 0.29) is 12.1 Å². The molecule has 0 spiro atoms. The van der Waals surface area contributed by atoms with E-state index < -0.39 is 0 Å². The van der Waals surface area contributed by atoms with Gasteiger partial charge >= 0.3 is 6.03 Å². The van der Waals surface area contributed by atoms with Crippen molar-refractivity contribution in [2.45, 2.75) is 45.8 Å². The van der Waals surface area contributed by atoms with E-state index in [2.05, 4.69) is 48.1 Å². The summed E-state index contributed by atoms with van der Waals surface area (Å²) in [6.45, 7) is 5.79. The Labute approximate surface area is 139 Å². The first-order chi connectivity index (χ1) is 11.1. The maximum atomic E-state index is 12.4. The Morgan fingerprint density at radius 1 is 1.17 bits per heavy atom. The van der Waals surface area contributed by atoms with Crippen molar-refractivity contribution in [1.82, 2.24) is 14.8 Å². The van der Waals surface area contributed by atoms with E-state index in [4.69, 9.17) is 0 Å². The summed E-state index contributed by atoms with van der Waals surface area (Å²) in [5.41, 5.74) is 2.41. The van der Waals surface area contributed by atoms with Crippen molar-refractivity contribution >= 4 is 6.03 Å². The van der Waals surface area contributed by atoms with Gasteiger partial charge < -0.3 is 14.8 Å². The number of hydrogen-bond donors (Lipinski definition) is 1. The molecule has 0 saturated carbocycles. The number of urea groups is 1. The van der Waals surface area contributed by atoms with Crippen LogP contribution in [0.5, 0.6) is 0 Å². The molecule has 1 aromatic carbocycles. The van der Waals surface area contributed by atoms with E-state index in [1.165, 1.54) is 5.56 Å². The van der Waals surface area contributed by atoms with E-state index in [0.717, 1.165) is 24.9 Å². The maximum absolute atomic E-state index is 12.4. The van der Waals surface area contributed by atoms with Crippen molar-refractivity contribution in [2.75, 3.05) is 7.05 Å². The minimum atomic E-state index is -0.0166. The molecule has 4 heteroatoms. The number of carbonyl (C=O) groups is 1. The van der Waals surface area contributed by atoms with Crippen LogP contribution < -0.4 is 5.32 Å². The fraction of sp³-hybridized carbons (Fsp3) is 0.421. The molecule has 0 aliphatic rings. The SMILES string of the molecule is CCC(Cc1ccccc1)NC(=O)N(C)Cc1ccn(CC)c1. The third kappa shape index (κ3) is 5.16. The summed E-state index contributed by atoms with van der Waals surface area (Å²) in [6.07, 6.45) is 5.92. The van der Waals surface area contributed by atoms with Crippen molar-refractivity contribution < 1.29 is 4.79 Å². The van der Waals surface area contributed by atoms with Gasteiger partial charge in [-0.05, 0) is 37.0 Å². The number of aromatic nitrogens is 1. The van der Waals surface area contributed by atoms with Gasteiger partial charge in [-0.3, -0.25) is 0 Å². The van der Waals surface area contributed by atoms with Crippen molar-refractivity contribution in [1.29, 1.82) is 0 Å². The van der Waals surface area contributed by atoms with Crippen LogP contribution in [0.3, 0.4) is 0 Å². The topological polar surface area (TPSA) is 37.3 Å². The Hall–Kier alpha value is -2.23. The van der Waals surface area contributed by atoms with Crippen molar-refractivity contribution in [3.8, 4) is 0 Å². The van der Waals surface area contributed by atoms with Crippen molar-refractivity contribution in [2.24, 2.45) is 0 Å². The lowest BCUT2D eigenvalue weighted by atomic mass is 10.0. The zero-order valence-electron chi connectivity index (χ0n) is 14.3. The summed E-state index contributed by atoms with van der Waals surface area (Å²) in [4.78, 5) is 14.1. The Balaban J connectivity index is 1.88. The van der Waals surface area contributed by atoms with Gasteiger partial charge in [0.15, 0.2) is 0 Å². The molecule has 124 valence electrons. The molecule has 1 heterocycles. The zero-order valence-corrected chi connectivity index (χ0v) is 14.3. The number of nitrogens with one attached hydrogen (secondary N) is 1. The first-order valence-electron chi connectivity index (χ1n) is 8.32. The van der Waals surface area contributed by atoms with Crippen LogP contribution in [0.4, 0.5) is 4.79 Å². The smallest absolute Gasteiger partial charge is 0.317 e. The Morgan fingerprint density at radius 3 is 2.52 bits per heavy atom. The number of rotatable bonds is 7. The van der Waals surface area contributed by atoms with Crippen LogP contribution in [0, 0.1) is 0 Å². The number of nitrogens with zero attached hydrogens (tertiary/aromatic N) is 2. The molecule has 1 aromatic heterocycles. The standard InChI is InChI=1S/C19H27N3O/c1-4-18(13-16-9-7-6-8-10-16)20-19(23)21(3)14-17-11-12-22(5-2)15-17/h6-12,15,18H,4-5,13-14H2,1-3H3,(H,20,23). The summed E-state index contributed by atoms with van der Waals surface area (Å²) in [5, 5.41) is 3.14. The van der Waals surface area contributed by atoms with E-state index in [0.29, 0.717) is 6.54 Å². The van der Waals surface area contributed by atoms with Crippen molar-refractivity contribution in [3.05, 3.63) is 59.9 Å². The molecule has 0 aliphatic heterocycles. The molecule has 1 atom stereocenters. The molecule has 0 aliphatic carbocycles. The van der Waals surface area contributed by atoms with Gasteiger partial charge in [0.25, 0.3) is 0 Å². The quantitative estimate of drug-likeness (QED) is 0.832. The minimum absolute atomic E-state index is 0.0166. The molecule has 0 bridgehead atoms. The second-order valence-electron chi connectivity index (χ2n) is 5.95. The van der Waals surface area contributed by atoms with Crippen LogP contribution in [0.25, 0.3) is 0 Å². The maximum Gasteiger partial charge on any atom is 0.317 e. The van der Waals surface area contributed by atoms with Gasteiger partial charge in [0.05, 0.1) is 0 Å². The van der Waals surface area contributed by atoms with Crippen molar-refractivity contribution in [3.63, 3.8) is 0 Å². The average Bonchev–Trinajstić information content (AvgIpc) is 3.02. The normalized spacial score (nSPS) is 12.0. The van der Waals surface area contributed by atoms with Gasteiger partial charge in [-0.1, -0.05) is 37.3 Å². The van der Waals surface area contributed by atoms with E-state index in [1.54, 1.807) is 4.90 Å². The van der Waals surface area contributed by atoms with E-state index in [9.17, 15) is 4.79 Å². The molecule has 23 heavy (non-hydrogen) atoms. The lowest BCUT2D eigenvalue weighted by Crippen LogP contribution is -2.43. The van der Waals surface area contributed by atoms with Gasteiger partial charge in [0.2, 0.25) is 0 Å². The second kappa shape index (κ2) is 8.42. The molecular formula is C19H27N3O. The minimum Gasteiger partial charge on any atom is -0.354 e. The summed E-state index contributed by atoms with van der Waals surface area (Å²) < 4.78 is 2.12. The van der Waals surface area contributed by atoms with Crippen LogP contribution >= 0.6 is 0 Å². The first-order valence-corrected chi connectivity index (χ1v) is 8.32. The third-order valence-corrected chi connectivity index (χ3v) is 4.09. The van der Waals surface area contributed by atoms with Gasteiger partial charge in [0.1, 0.15) is 0 Å². The van der Waals surface area contributed by atoms with Gasteiger partial charge in [-0.2, -0.15) is 0 Å². The zero-order chi connectivity index (χ0) is 16.7. The Bertz CT molecular complexity index is 606. The highest BCUT2D eigenvalue weighted by Gasteiger charge is 2.15. The summed E-state index contributed by atoms with van der Waals surface area (Å²) in [5.74, 6) is 0.